The van der Waals surface area contributed by atoms with Gasteiger partial charge in [-0.2, -0.15) is 0 Å². The normalized spacial score (nSPS) is 11.3. The Morgan fingerprint density at radius 2 is 1.68 bits per heavy atom. The van der Waals surface area contributed by atoms with Crippen molar-refractivity contribution in [1.82, 2.24) is 4.98 Å². The molecule has 28 heavy (non-hydrogen) atoms. The molecule has 0 fully saturated rings. The number of fused-ring (bicyclic) bond motifs is 1. The SMILES string of the molecule is CC(=O)N(CC(=O)Nc1ccc(C(C)(C)C)cc1)c1cccc2cccnc12. The van der Waals surface area contributed by atoms with Crippen molar-refractivity contribution in [3.63, 3.8) is 0 Å². The molecule has 0 saturated heterocycles. The molecule has 0 radical (unpaired) electrons. The minimum Gasteiger partial charge on any atom is -0.325 e. The maximum Gasteiger partial charge on any atom is 0.244 e. The summed E-state index contributed by atoms with van der Waals surface area (Å²) in [7, 11) is 0. The van der Waals surface area contributed by atoms with Crippen LogP contribution in [0, 0.1) is 0 Å². The number of rotatable bonds is 4. The van der Waals surface area contributed by atoms with Gasteiger partial charge in [-0.3, -0.25) is 14.6 Å². The summed E-state index contributed by atoms with van der Waals surface area (Å²) in [5.41, 5.74) is 3.27. The molecule has 0 unspecified atom stereocenters. The number of pyridine rings is 1. The Morgan fingerprint density at radius 3 is 2.32 bits per heavy atom. The van der Waals surface area contributed by atoms with E-state index in [4.69, 9.17) is 0 Å². The van der Waals surface area contributed by atoms with Crippen molar-refractivity contribution >= 4 is 34.1 Å². The number of nitrogens with one attached hydrogen (secondary N) is 1. The van der Waals surface area contributed by atoms with Crippen molar-refractivity contribution in [3.05, 3.63) is 66.4 Å². The van der Waals surface area contributed by atoms with E-state index < -0.39 is 0 Å². The van der Waals surface area contributed by atoms with Crippen LogP contribution in [0.15, 0.2) is 60.8 Å². The summed E-state index contributed by atoms with van der Waals surface area (Å²) < 4.78 is 0. The van der Waals surface area contributed by atoms with Crippen LogP contribution >= 0.6 is 0 Å². The molecule has 3 aromatic rings. The fourth-order valence-electron chi connectivity index (χ4n) is 3.07. The van der Waals surface area contributed by atoms with Crippen LogP contribution in [-0.4, -0.2) is 23.3 Å². The summed E-state index contributed by atoms with van der Waals surface area (Å²) in [5.74, 6) is -0.469. The van der Waals surface area contributed by atoms with Gasteiger partial charge in [-0.1, -0.05) is 51.1 Å². The zero-order valence-corrected chi connectivity index (χ0v) is 16.7. The van der Waals surface area contributed by atoms with Crippen LogP contribution < -0.4 is 10.2 Å². The number of carbonyl (C=O) groups excluding carboxylic acids is 2. The average molecular weight is 375 g/mol. The van der Waals surface area contributed by atoms with Gasteiger partial charge in [0.25, 0.3) is 0 Å². The van der Waals surface area contributed by atoms with Crippen molar-refractivity contribution in [2.45, 2.75) is 33.1 Å². The molecule has 0 aliphatic carbocycles. The Labute approximate surface area is 165 Å². The smallest absolute Gasteiger partial charge is 0.244 e. The first kappa shape index (κ1) is 19.5. The largest absolute Gasteiger partial charge is 0.325 e. The van der Waals surface area contributed by atoms with Gasteiger partial charge < -0.3 is 10.2 Å². The predicted octanol–water partition coefficient (Wildman–Crippen LogP) is 4.52. The standard InChI is InChI=1S/C23H25N3O2/c1-16(27)26(20-9-5-7-17-8-6-14-24-22(17)20)15-21(28)25-19-12-10-18(11-13-19)23(2,3)4/h5-14H,15H2,1-4H3,(H,25,28). The third-order valence-electron chi connectivity index (χ3n) is 4.62. The third-order valence-corrected chi connectivity index (χ3v) is 4.62. The lowest BCUT2D eigenvalue weighted by Crippen LogP contribution is -2.36. The number of hydrogen-bond acceptors (Lipinski definition) is 3. The molecule has 2 amide bonds. The number of benzene rings is 2. The molecule has 1 aromatic heterocycles. The second kappa shape index (κ2) is 7.80. The molecule has 2 aromatic carbocycles. The summed E-state index contributed by atoms with van der Waals surface area (Å²) in [6.07, 6.45) is 1.68. The first-order valence-corrected chi connectivity index (χ1v) is 9.28. The quantitative estimate of drug-likeness (QED) is 0.729. The van der Waals surface area contributed by atoms with E-state index in [1.165, 1.54) is 17.4 Å². The number of amides is 2. The molecule has 5 nitrogen and oxygen atoms in total. The fraction of sp³-hybridized carbons (Fsp3) is 0.261. The van der Waals surface area contributed by atoms with Gasteiger partial charge >= 0.3 is 0 Å². The van der Waals surface area contributed by atoms with Gasteiger partial charge in [0, 0.05) is 24.2 Å². The Balaban J connectivity index is 1.79. The van der Waals surface area contributed by atoms with Gasteiger partial charge in [0.15, 0.2) is 0 Å². The number of anilines is 2. The topological polar surface area (TPSA) is 62.3 Å². The number of aromatic nitrogens is 1. The van der Waals surface area contributed by atoms with Crippen LogP contribution in [0.1, 0.15) is 33.3 Å². The van der Waals surface area contributed by atoms with Crippen LogP contribution in [0.5, 0.6) is 0 Å². The van der Waals surface area contributed by atoms with Crippen LogP contribution in [0.4, 0.5) is 11.4 Å². The predicted molar refractivity (Wildman–Crippen MR) is 114 cm³/mol. The summed E-state index contributed by atoms with van der Waals surface area (Å²) in [5, 5.41) is 3.79. The monoisotopic (exact) mass is 375 g/mol. The first-order chi connectivity index (χ1) is 13.3. The van der Waals surface area contributed by atoms with Gasteiger partial charge in [-0.25, -0.2) is 0 Å². The molecule has 144 valence electrons. The molecule has 1 N–H and O–H groups in total. The number of carbonyl (C=O) groups is 2. The molecular weight excluding hydrogens is 350 g/mol. The van der Waals surface area contributed by atoms with Crippen molar-refractivity contribution < 1.29 is 9.59 Å². The van der Waals surface area contributed by atoms with Gasteiger partial charge in [-0.15, -0.1) is 0 Å². The van der Waals surface area contributed by atoms with E-state index in [1.807, 2.05) is 54.6 Å². The summed E-state index contributed by atoms with van der Waals surface area (Å²) in [6, 6.07) is 17.2. The highest BCUT2D eigenvalue weighted by molar-refractivity contribution is 6.06. The lowest BCUT2D eigenvalue weighted by Gasteiger charge is -2.22. The molecule has 0 saturated carbocycles. The van der Waals surface area contributed by atoms with Gasteiger partial charge in [0.1, 0.15) is 6.54 Å². The summed E-state index contributed by atoms with van der Waals surface area (Å²) in [4.78, 5) is 30.7. The third kappa shape index (κ3) is 4.36. The molecule has 1 heterocycles. The molecule has 3 rings (SSSR count). The Morgan fingerprint density at radius 1 is 1.00 bits per heavy atom. The van der Waals surface area contributed by atoms with Gasteiger partial charge in [0.2, 0.25) is 11.8 Å². The second-order valence-electron chi connectivity index (χ2n) is 7.83. The molecule has 5 heteroatoms. The molecule has 0 bridgehead atoms. The van der Waals surface area contributed by atoms with Crippen LogP contribution in [0.2, 0.25) is 0 Å². The van der Waals surface area contributed by atoms with Crippen LogP contribution in [0.3, 0.4) is 0 Å². The highest BCUT2D eigenvalue weighted by atomic mass is 16.2. The van der Waals surface area contributed by atoms with E-state index in [1.54, 1.807) is 6.20 Å². The number of para-hydroxylation sites is 1. The van der Waals surface area contributed by atoms with Gasteiger partial charge in [-0.05, 0) is 35.2 Å². The maximum atomic E-state index is 12.6. The van der Waals surface area contributed by atoms with Crippen molar-refractivity contribution in [2.75, 3.05) is 16.8 Å². The maximum absolute atomic E-state index is 12.6. The fourth-order valence-corrected chi connectivity index (χ4v) is 3.07. The van der Waals surface area contributed by atoms with E-state index in [-0.39, 0.29) is 23.8 Å². The highest BCUT2D eigenvalue weighted by Crippen LogP contribution is 2.26. The second-order valence-corrected chi connectivity index (χ2v) is 7.83. The van der Waals surface area contributed by atoms with E-state index in [2.05, 4.69) is 31.1 Å². The lowest BCUT2D eigenvalue weighted by atomic mass is 9.87. The number of nitrogens with zero attached hydrogens (tertiary/aromatic N) is 2. The lowest BCUT2D eigenvalue weighted by molar-refractivity contribution is -0.120. The Hall–Kier alpha value is -3.21. The minimum absolute atomic E-state index is 0.0509. The molecule has 0 aliphatic heterocycles. The molecule has 0 spiro atoms. The minimum atomic E-state index is -0.258. The van der Waals surface area contributed by atoms with Crippen molar-refractivity contribution in [1.29, 1.82) is 0 Å². The van der Waals surface area contributed by atoms with E-state index in [0.29, 0.717) is 16.9 Å². The highest BCUT2D eigenvalue weighted by Gasteiger charge is 2.19. The molecule has 0 aliphatic rings. The van der Waals surface area contributed by atoms with Crippen molar-refractivity contribution in [2.24, 2.45) is 0 Å². The van der Waals surface area contributed by atoms with Crippen LogP contribution in [-0.2, 0) is 15.0 Å². The Bertz CT molecular complexity index is 999. The van der Waals surface area contributed by atoms with Crippen molar-refractivity contribution in [3.8, 4) is 0 Å². The molecule has 0 atom stereocenters. The van der Waals surface area contributed by atoms with E-state index >= 15 is 0 Å². The van der Waals surface area contributed by atoms with E-state index in [9.17, 15) is 9.59 Å². The van der Waals surface area contributed by atoms with Gasteiger partial charge in [0.05, 0.1) is 11.2 Å². The number of hydrogen-bond donors (Lipinski definition) is 1. The zero-order chi connectivity index (χ0) is 20.3. The van der Waals surface area contributed by atoms with Crippen LogP contribution in [0.25, 0.3) is 10.9 Å². The average Bonchev–Trinajstić information content (AvgIpc) is 2.65. The molecular formula is C23H25N3O2. The zero-order valence-electron chi connectivity index (χ0n) is 16.7. The summed E-state index contributed by atoms with van der Waals surface area (Å²) >= 11 is 0. The Kier molecular flexibility index (Phi) is 5.45. The first-order valence-electron chi connectivity index (χ1n) is 9.28. The van der Waals surface area contributed by atoms with E-state index in [0.717, 1.165) is 5.39 Å². The summed E-state index contributed by atoms with van der Waals surface area (Å²) in [6.45, 7) is 7.80.